The van der Waals surface area contributed by atoms with Gasteiger partial charge in [-0.25, -0.2) is 0 Å². The van der Waals surface area contributed by atoms with E-state index in [1.54, 1.807) is 19.1 Å². The molecule has 0 fully saturated rings. The summed E-state index contributed by atoms with van der Waals surface area (Å²) in [4.78, 5) is 28.3. The van der Waals surface area contributed by atoms with E-state index >= 15 is 0 Å². The predicted octanol–water partition coefficient (Wildman–Crippen LogP) is 1.24. The quantitative estimate of drug-likeness (QED) is 0.882. The second-order valence-electron chi connectivity index (χ2n) is 4.78. The van der Waals surface area contributed by atoms with Gasteiger partial charge in [0.15, 0.2) is 5.56 Å². The van der Waals surface area contributed by atoms with Crippen LogP contribution in [0.5, 0.6) is 5.88 Å². The first-order chi connectivity index (χ1) is 9.45. The average Bonchev–Trinajstić information content (AvgIpc) is 2.40. The van der Waals surface area contributed by atoms with Crippen LogP contribution in [0.25, 0.3) is 5.65 Å². The Balaban J connectivity index is 2.61. The number of carbonyl (C=O) groups excluding carboxylic acids is 1. The lowest BCUT2D eigenvalue weighted by atomic mass is 10.2. The third-order valence-corrected chi connectivity index (χ3v) is 3.25. The van der Waals surface area contributed by atoms with Gasteiger partial charge in [0, 0.05) is 12.2 Å². The summed E-state index contributed by atoms with van der Waals surface area (Å²) in [5.74, 6) is -1.14. The molecule has 0 bridgehead atoms. The second kappa shape index (κ2) is 5.32. The van der Waals surface area contributed by atoms with Gasteiger partial charge in [0.2, 0.25) is 5.88 Å². The molecule has 0 radical (unpaired) electrons. The van der Waals surface area contributed by atoms with Crippen LogP contribution >= 0.6 is 0 Å². The lowest BCUT2D eigenvalue weighted by molar-refractivity contribution is 0.0934. The number of aromatic hydroxyl groups is 1. The molecule has 2 aromatic heterocycles. The lowest BCUT2D eigenvalue weighted by Gasteiger charge is -2.12. The van der Waals surface area contributed by atoms with Crippen LogP contribution in [0.15, 0.2) is 23.1 Å². The maximum Gasteiger partial charge on any atom is 0.274 e. The maximum absolute atomic E-state index is 12.3. The first kappa shape index (κ1) is 14.0. The van der Waals surface area contributed by atoms with Gasteiger partial charge in [0.1, 0.15) is 5.65 Å². The van der Waals surface area contributed by atoms with E-state index in [2.05, 4.69) is 10.3 Å². The molecule has 0 saturated carbocycles. The van der Waals surface area contributed by atoms with Crippen LogP contribution in [0, 0.1) is 6.92 Å². The normalized spacial score (nSPS) is 12.3. The minimum atomic E-state index is -0.606. The van der Waals surface area contributed by atoms with Crippen molar-refractivity contribution in [3.63, 3.8) is 0 Å². The molecule has 0 aromatic carbocycles. The largest absolute Gasteiger partial charge is 0.493 e. The number of aryl methyl sites for hydroxylation is 1. The highest BCUT2D eigenvalue weighted by Gasteiger charge is 2.21. The molecule has 2 N–H and O–H groups in total. The molecule has 0 saturated heterocycles. The van der Waals surface area contributed by atoms with E-state index in [1.807, 2.05) is 13.8 Å². The van der Waals surface area contributed by atoms with Crippen LogP contribution in [0.2, 0.25) is 0 Å². The number of pyridine rings is 1. The molecule has 6 heteroatoms. The van der Waals surface area contributed by atoms with Crippen molar-refractivity contribution in [1.29, 1.82) is 0 Å². The minimum Gasteiger partial charge on any atom is -0.493 e. The van der Waals surface area contributed by atoms with E-state index in [9.17, 15) is 14.7 Å². The zero-order valence-corrected chi connectivity index (χ0v) is 11.7. The number of fused-ring (bicyclic) bond motifs is 1. The van der Waals surface area contributed by atoms with E-state index in [0.717, 1.165) is 12.0 Å². The number of rotatable bonds is 3. The fourth-order valence-corrected chi connectivity index (χ4v) is 1.88. The first-order valence-corrected chi connectivity index (χ1v) is 6.47. The molecule has 1 amide bonds. The minimum absolute atomic E-state index is 0.0838. The summed E-state index contributed by atoms with van der Waals surface area (Å²) in [6.45, 7) is 5.52. The Kier molecular flexibility index (Phi) is 3.74. The number of hydrogen-bond acceptors (Lipinski definition) is 4. The third-order valence-electron chi connectivity index (χ3n) is 3.25. The summed E-state index contributed by atoms with van der Waals surface area (Å²) >= 11 is 0. The molecule has 2 aromatic rings. The zero-order chi connectivity index (χ0) is 14.9. The number of hydrogen-bond donors (Lipinski definition) is 2. The Bertz CT molecular complexity index is 721. The number of aromatic nitrogens is 2. The number of nitrogens with one attached hydrogen (secondary N) is 1. The van der Waals surface area contributed by atoms with Crippen LogP contribution in [-0.4, -0.2) is 26.4 Å². The van der Waals surface area contributed by atoms with Gasteiger partial charge < -0.3 is 10.4 Å². The Morgan fingerprint density at radius 2 is 2.25 bits per heavy atom. The molecule has 2 heterocycles. The van der Waals surface area contributed by atoms with Gasteiger partial charge in [0.05, 0.1) is 0 Å². The fourth-order valence-electron chi connectivity index (χ4n) is 1.88. The molecule has 2 rings (SSSR count). The van der Waals surface area contributed by atoms with Crippen LogP contribution in [-0.2, 0) is 0 Å². The van der Waals surface area contributed by atoms with Crippen molar-refractivity contribution in [2.45, 2.75) is 33.2 Å². The monoisotopic (exact) mass is 275 g/mol. The Hall–Kier alpha value is -2.37. The molecule has 6 nitrogen and oxygen atoms in total. The summed E-state index contributed by atoms with van der Waals surface area (Å²) in [7, 11) is 0. The topological polar surface area (TPSA) is 83.7 Å². The summed E-state index contributed by atoms with van der Waals surface area (Å²) in [5.41, 5.74) is 0.189. The lowest BCUT2D eigenvalue weighted by Crippen LogP contribution is -2.36. The van der Waals surface area contributed by atoms with Crippen molar-refractivity contribution in [1.82, 2.24) is 14.7 Å². The second-order valence-corrected chi connectivity index (χ2v) is 4.78. The summed E-state index contributed by atoms with van der Waals surface area (Å²) in [6, 6.07) is 3.39. The highest BCUT2D eigenvalue weighted by molar-refractivity contribution is 5.96. The van der Waals surface area contributed by atoms with Gasteiger partial charge in [-0.2, -0.15) is 4.98 Å². The molecule has 106 valence electrons. The van der Waals surface area contributed by atoms with Crippen molar-refractivity contribution >= 4 is 11.6 Å². The Morgan fingerprint density at radius 3 is 2.90 bits per heavy atom. The van der Waals surface area contributed by atoms with Crippen molar-refractivity contribution in [2.75, 3.05) is 0 Å². The summed E-state index contributed by atoms with van der Waals surface area (Å²) in [6.07, 6.45) is 2.26. The SMILES string of the molecule is CCC(C)NC(=O)c1c(O)nc2c(C)cccn2c1=O. The molecule has 0 aliphatic rings. The van der Waals surface area contributed by atoms with Crippen molar-refractivity contribution in [3.8, 4) is 5.88 Å². The number of carbonyl (C=O) groups is 1. The maximum atomic E-state index is 12.3. The van der Waals surface area contributed by atoms with Crippen molar-refractivity contribution < 1.29 is 9.90 Å². The standard InChI is InChI=1S/C14H17N3O3/c1-4-9(3)15-12(18)10-13(19)16-11-8(2)6-5-7-17(11)14(10)20/h5-7,9,19H,4H2,1-3H3,(H,15,18). The van der Waals surface area contributed by atoms with Gasteiger partial charge >= 0.3 is 0 Å². The fraction of sp³-hybridized carbons (Fsp3) is 0.357. The van der Waals surface area contributed by atoms with Gasteiger partial charge in [-0.1, -0.05) is 13.0 Å². The highest BCUT2D eigenvalue weighted by atomic mass is 16.3. The van der Waals surface area contributed by atoms with Crippen molar-refractivity contribution in [2.24, 2.45) is 0 Å². The smallest absolute Gasteiger partial charge is 0.274 e. The van der Waals surface area contributed by atoms with Gasteiger partial charge in [-0.3, -0.25) is 14.0 Å². The molecular weight excluding hydrogens is 258 g/mol. The summed E-state index contributed by atoms with van der Waals surface area (Å²) < 4.78 is 1.26. The molecule has 0 aliphatic heterocycles. The Morgan fingerprint density at radius 1 is 1.55 bits per heavy atom. The van der Waals surface area contributed by atoms with Crippen LogP contribution in [0.4, 0.5) is 0 Å². The number of amides is 1. The van der Waals surface area contributed by atoms with Gasteiger partial charge in [0.25, 0.3) is 11.5 Å². The highest BCUT2D eigenvalue weighted by Crippen LogP contribution is 2.13. The van der Waals surface area contributed by atoms with E-state index in [1.165, 1.54) is 10.6 Å². The predicted molar refractivity (Wildman–Crippen MR) is 75.1 cm³/mol. The number of nitrogens with zero attached hydrogens (tertiary/aromatic N) is 2. The summed E-state index contributed by atoms with van der Waals surface area (Å²) in [5, 5.41) is 12.5. The van der Waals surface area contributed by atoms with E-state index in [4.69, 9.17) is 0 Å². The van der Waals surface area contributed by atoms with Gasteiger partial charge in [-0.05, 0) is 31.9 Å². The molecule has 0 aliphatic carbocycles. The molecule has 20 heavy (non-hydrogen) atoms. The first-order valence-electron chi connectivity index (χ1n) is 6.47. The van der Waals surface area contributed by atoms with Crippen LogP contribution in [0.3, 0.4) is 0 Å². The van der Waals surface area contributed by atoms with Crippen LogP contribution in [0.1, 0.15) is 36.2 Å². The van der Waals surface area contributed by atoms with Crippen LogP contribution < -0.4 is 10.9 Å². The molecular formula is C14H17N3O3. The average molecular weight is 275 g/mol. The molecule has 1 unspecified atom stereocenters. The van der Waals surface area contributed by atoms with E-state index in [-0.39, 0.29) is 11.6 Å². The van der Waals surface area contributed by atoms with E-state index in [0.29, 0.717) is 5.65 Å². The van der Waals surface area contributed by atoms with E-state index < -0.39 is 17.3 Å². The third kappa shape index (κ3) is 2.36. The zero-order valence-electron chi connectivity index (χ0n) is 11.7. The molecule has 0 spiro atoms. The van der Waals surface area contributed by atoms with Crippen molar-refractivity contribution in [3.05, 3.63) is 39.8 Å². The Labute approximate surface area is 116 Å². The molecule has 1 atom stereocenters. The van der Waals surface area contributed by atoms with Gasteiger partial charge in [-0.15, -0.1) is 0 Å².